The van der Waals surface area contributed by atoms with Gasteiger partial charge in [0.25, 0.3) is 0 Å². The molecule has 2 aromatic rings. The van der Waals surface area contributed by atoms with E-state index in [1.807, 2.05) is 0 Å². The van der Waals surface area contributed by atoms with Crippen LogP contribution in [-0.2, 0) is 0 Å². The minimum absolute atomic E-state index is 0.643. The highest BCUT2D eigenvalue weighted by Crippen LogP contribution is 2.40. The van der Waals surface area contributed by atoms with Gasteiger partial charge in [-0.3, -0.25) is 0 Å². The minimum Gasteiger partial charge on any atom is -0.370 e. The summed E-state index contributed by atoms with van der Waals surface area (Å²) in [6.07, 6.45) is 3.62. The molecule has 3 nitrogen and oxygen atoms in total. The van der Waals surface area contributed by atoms with Crippen molar-refractivity contribution in [3.63, 3.8) is 0 Å². The maximum atomic E-state index is 4.75. The van der Waals surface area contributed by atoms with Crippen molar-refractivity contribution in [1.29, 1.82) is 0 Å². The summed E-state index contributed by atoms with van der Waals surface area (Å²) in [6, 6.07) is 10.5. The van der Waals surface area contributed by atoms with Gasteiger partial charge in [0.05, 0.1) is 0 Å². The number of hydrogen-bond donors (Lipinski definition) is 1. The van der Waals surface area contributed by atoms with E-state index in [0.717, 1.165) is 30.2 Å². The van der Waals surface area contributed by atoms with Gasteiger partial charge >= 0.3 is 0 Å². The highest BCUT2D eigenvalue weighted by atomic mass is 15.0. The van der Waals surface area contributed by atoms with E-state index in [1.165, 1.54) is 24.1 Å². The van der Waals surface area contributed by atoms with Gasteiger partial charge in [-0.1, -0.05) is 36.8 Å². The van der Waals surface area contributed by atoms with Crippen LogP contribution >= 0.6 is 0 Å². The van der Waals surface area contributed by atoms with Crippen molar-refractivity contribution in [3.05, 3.63) is 41.6 Å². The largest absolute Gasteiger partial charge is 0.370 e. The van der Waals surface area contributed by atoms with Gasteiger partial charge in [0.2, 0.25) is 0 Å². The Labute approximate surface area is 120 Å². The molecule has 0 atom stereocenters. The predicted molar refractivity (Wildman–Crippen MR) is 83.0 cm³/mol. The second-order valence-corrected chi connectivity index (χ2v) is 5.57. The standard InChI is InChI=1S/C17H21N3/c1-3-10-18-16-11-15(13-8-9-13)19-17(20-16)14-6-4-12(2)5-7-14/h4-7,11,13H,3,8-10H2,1-2H3,(H,18,19,20). The van der Waals surface area contributed by atoms with Crippen molar-refractivity contribution in [2.75, 3.05) is 11.9 Å². The molecule has 0 spiro atoms. The van der Waals surface area contributed by atoms with Crippen LogP contribution in [0.15, 0.2) is 30.3 Å². The maximum Gasteiger partial charge on any atom is 0.161 e. The van der Waals surface area contributed by atoms with Gasteiger partial charge in [0.15, 0.2) is 5.82 Å². The second kappa shape index (κ2) is 5.61. The van der Waals surface area contributed by atoms with Gasteiger partial charge in [-0.2, -0.15) is 0 Å². The van der Waals surface area contributed by atoms with Gasteiger partial charge in [0, 0.05) is 29.8 Å². The Bertz CT molecular complexity index is 586. The summed E-state index contributed by atoms with van der Waals surface area (Å²) in [5.41, 5.74) is 3.54. The van der Waals surface area contributed by atoms with Gasteiger partial charge in [-0.15, -0.1) is 0 Å². The van der Waals surface area contributed by atoms with Gasteiger partial charge in [0.1, 0.15) is 5.82 Å². The van der Waals surface area contributed by atoms with E-state index in [1.54, 1.807) is 0 Å². The number of rotatable bonds is 5. The van der Waals surface area contributed by atoms with Crippen LogP contribution < -0.4 is 5.32 Å². The summed E-state index contributed by atoms with van der Waals surface area (Å²) >= 11 is 0. The fourth-order valence-electron chi connectivity index (χ4n) is 2.23. The molecule has 1 aromatic heterocycles. The first-order valence-electron chi connectivity index (χ1n) is 7.46. The molecule has 3 heteroatoms. The van der Waals surface area contributed by atoms with Crippen LogP contribution in [0.4, 0.5) is 5.82 Å². The van der Waals surface area contributed by atoms with Crippen LogP contribution in [0, 0.1) is 6.92 Å². The third-order valence-corrected chi connectivity index (χ3v) is 3.61. The summed E-state index contributed by atoms with van der Waals surface area (Å²) < 4.78 is 0. The molecule has 1 aliphatic rings. The topological polar surface area (TPSA) is 37.8 Å². The van der Waals surface area contributed by atoms with Crippen molar-refractivity contribution in [3.8, 4) is 11.4 Å². The van der Waals surface area contributed by atoms with E-state index in [4.69, 9.17) is 4.98 Å². The summed E-state index contributed by atoms with van der Waals surface area (Å²) in [5.74, 6) is 2.44. The highest BCUT2D eigenvalue weighted by molar-refractivity contribution is 5.58. The molecule has 1 fully saturated rings. The van der Waals surface area contributed by atoms with Crippen LogP contribution in [0.1, 0.15) is 43.4 Å². The van der Waals surface area contributed by atoms with Gasteiger partial charge in [-0.25, -0.2) is 9.97 Å². The molecular formula is C17H21N3. The molecule has 20 heavy (non-hydrogen) atoms. The molecule has 1 N–H and O–H groups in total. The first-order chi connectivity index (χ1) is 9.76. The number of benzene rings is 1. The smallest absolute Gasteiger partial charge is 0.161 e. The monoisotopic (exact) mass is 267 g/mol. The molecule has 1 heterocycles. The Kier molecular flexibility index (Phi) is 3.68. The number of aromatic nitrogens is 2. The lowest BCUT2D eigenvalue weighted by Crippen LogP contribution is -2.05. The lowest BCUT2D eigenvalue weighted by molar-refractivity contribution is 0.948. The first kappa shape index (κ1) is 13.1. The van der Waals surface area contributed by atoms with Gasteiger partial charge < -0.3 is 5.32 Å². The van der Waals surface area contributed by atoms with Crippen LogP contribution in [0.2, 0.25) is 0 Å². The third-order valence-electron chi connectivity index (χ3n) is 3.61. The fraction of sp³-hybridized carbons (Fsp3) is 0.412. The molecular weight excluding hydrogens is 246 g/mol. The zero-order chi connectivity index (χ0) is 13.9. The van der Waals surface area contributed by atoms with Crippen molar-refractivity contribution in [2.24, 2.45) is 0 Å². The Morgan fingerprint density at radius 1 is 1.15 bits per heavy atom. The van der Waals surface area contributed by atoms with E-state index in [2.05, 4.69) is 54.5 Å². The number of anilines is 1. The van der Waals surface area contributed by atoms with Gasteiger partial charge in [-0.05, 0) is 26.2 Å². The zero-order valence-corrected chi connectivity index (χ0v) is 12.2. The number of nitrogens with one attached hydrogen (secondary N) is 1. The third kappa shape index (κ3) is 2.98. The van der Waals surface area contributed by atoms with Crippen molar-refractivity contribution in [2.45, 2.75) is 39.0 Å². The molecule has 3 rings (SSSR count). The summed E-state index contributed by atoms with van der Waals surface area (Å²) in [4.78, 5) is 9.41. The summed E-state index contributed by atoms with van der Waals surface area (Å²) in [7, 11) is 0. The number of nitrogens with zero attached hydrogens (tertiary/aromatic N) is 2. The zero-order valence-electron chi connectivity index (χ0n) is 12.2. The minimum atomic E-state index is 0.643. The van der Waals surface area contributed by atoms with E-state index in [-0.39, 0.29) is 0 Å². The molecule has 0 amide bonds. The van der Waals surface area contributed by atoms with Crippen LogP contribution in [0.25, 0.3) is 11.4 Å². The SMILES string of the molecule is CCCNc1cc(C2CC2)nc(-c2ccc(C)cc2)n1. The quantitative estimate of drug-likeness (QED) is 0.884. The first-order valence-corrected chi connectivity index (χ1v) is 7.46. The molecule has 1 aromatic carbocycles. The molecule has 0 bridgehead atoms. The molecule has 1 saturated carbocycles. The molecule has 0 radical (unpaired) electrons. The highest BCUT2D eigenvalue weighted by Gasteiger charge is 2.26. The van der Waals surface area contributed by atoms with E-state index in [9.17, 15) is 0 Å². The Morgan fingerprint density at radius 2 is 1.90 bits per heavy atom. The lowest BCUT2D eigenvalue weighted by atomic mass is 10.1. The number of aryl methyl sites for hydroxylation is 1. The number of hydrogen-bond acceptors (Lipinski definition) is 3. The van der Waals surface area contributed by atoms with E-state index < -0.39 is 0 Å². The van der Waals surface area contributed by atoms with E-state index in [0.29, 0.717) is 5.92 Å². The van der Waals surface area contributed by atoms with Crippen molar-refractivity contribution in [1.82, 2.24) is 9.97 Å². The molecule has 1 aliphatic carbocycles. The average molecular weight is 267 g/mol. The average Bonchev–Trinajstić information content (AvgIpc) is 3.30. The van der Waals surface area contributed by atoms with Crippen LogP contribution in [0.5, 0.6) is 0 Å². The molecule has 0 unspecified atom stereocenters. The summed E-state index contributed by atoms with van der Waals surface area (Å²) in [5, 5.41) is 3.39. The van der Waals surface area contributed by atoms with Crippen molar-refractivity contribution < 1.29 is 0 Å². The van der Waals surface area contributed by atoms with Crippen LogP contribution in [0.3, 0.4) is 0 Å². The lowest BCUT2D eigenvalue weighted by Gasteiger charge is -2.09. The fourth-order valence-corrected chi connectivity index (χ4v) is 2.23. The predicted octanol–water partition coefficient (Wildman–Crippen LogP) is 4.15. The Balaban J connectivity index is 1.95. The Morgan fingerprint density at radius 3 is 2.55 bits per heavy atom. The van der Waals surface area contributed by atoms with E-state index >= 15 is 0 Å². The Hall–Kier alpha value is -1.90. The van der Waals surface area contributed by atoms with Crippen molar-refractivity contribution >= 4 is 5.82 Å². The molecule has 0 saturated heterocycles. The second-order valence-electron chi connectivity index (χ2n) is 5.57. The molecule has 104 valence electrons. The molecule has 0 aliphatic heterocycles. The maximum absolute atomic E-state index is 4.75. The summed E-state index contributed by atoms with van der Waals surface area (Å²) in [6.45, 7) is 5.21. The normalized spacial score (nSPS) is 14.3. The van der Waals surface area contributed by atoms with Crippen LogP contribution in [-0.4, -0.2) is 16.5 Å².